The minimum Gasteiger partial charge on any atom is -0.462 e. The van der Waals surface area contributed by atoms with E-state index in [0.29, 0.717) is 17.3 Å². The van der Waals surface area contributed by atoms with Gasteiger partial charge in [-0.25, -0.2) is 0 Å². The highest BCUT2D eigenvalue weighted by atomic mass is 16.5. The molecule has 212 valence electrons. The molecule has 4 aliphatic carbocycles. The molecule has 4 rings (SSSR count). The lowest BCUT2D eigenvalue weighted by Gasteiger charge is -2.58. The standard InChI is InChI=1S/C35H60O2/c1-7-8-9-10-11-15-33(36)37-28-20-22-34(5)27(24-28)16-17-29-31-19-18-30(26(4)14-12-13-25(2)3)35(31,6)23-21-32(29)34/h16,25-26,28-32H,7-15,17-24H2,1-6H3/t26-,28-,29+,30-,31-,32+,34+,35-/m1/s1. The Kier molecular flexibility index (Phi) is 9.94. The molecule has 3 saturated carbocycles. The quantitative estimate of drug-likeness (QED) is 0.148. The first kappa shape index (κ1) is 29.2. The summed E-state index contributed by atoms with van der Waals surface area (Å²) in [7, 11) is 0. The molecule has 37 heavy (non-hydrogen) atoms. The van der Waals surface area contributed by atoms with E-state index in [4.69, 9.17) is 4.74 Å². The lowest BCUT2D eigenvalue weighted by atomic mass is 9.47. The van der Waals surface area contributed by atoms with Gasteiger partial charge < -0.3 is 4.74 Å². The van der Waals surface area contributed by atoms with Crippen molar-refractivity contribution in [1.82, 2.24) is 0 Å². The Balaban J connectivity index is 1.34. The molecule has 0 saturated heterocycles. The fourth-order valence-electron chi connectivity index (χ4n) is 9.87. The van der Waals surface area contributed by atoms with Gasteiger partial charge in [-0.05, 0) is 97.7 Å². The number of esters is 1. The van der Waals surface area contributed by atoms with Crippen molar-refractivity contribution < 1.29 is 9.53 Å². The molecular formula is C35H60O2. The van der Waals surface area contributed by atoms with Gasteiger partial charge in [0.15, 0.2) is 0 Å². The van der Waals surface area contributed by atoms with E-state index in [0.717, 1.165) is 61.2 Å². The first-order valence-corrected chi connectivity index (χ1v) is 16.6. The molecule has 2 nitrogen and oxygen atoms in total. The largest absolute Gasteiger partial charge is 0.462 e. The Morgan fingerprint density at radius 1 is 0.946 bits per heavy atom. The summed E-state index contributed by atoms with van der Waals surface area (Å²) in [5.41, 5.74) is 2.54. The van der Waals surface area contributed by atoms with Crippen LogP contribution >= 0.6 is 0 Å². The molecule has 0 aromatic carbocycles. The number of unbranched alkanes of at least 4 members (excludes halogenated alkanes) is 4. The number of fused-ring (bicyclic) bond motifs is 5. The highest BCUT2D eigenvalue weighted by Crippen LogP contribution is 2.67. The van der Waals surface area contributed by atoms with E-state index in [1.807, 2.05) is 0 Å². The zero-order chi connectivity index (χ0) is 26.6. The van der Waals surface area contributed by atoms with Crippen LogP contribution in [0.4, 0.5) is 0 Å². The first-order chi connectivity index (χ1) is 17.7. The van der Waals surface area contributed by atoms with Crippen LogP contribution in [0, 0.1) is 46.3 Å². The monoisotopic (exact) mass is 512 g/mol. The fraction of sp³-hybridized carbons (Fsp3) is 0.914. The van der Waals surface area contributed by atoms with Gasteiger partial charge in [-0.3, -0.25) is 4.79 Å². The van der Waals surface area contributed by atoms with Crippen LogP contribution in [0.2, 0.25) is 0 Å². The molecule has 0 N–H and O–H groups in total. The van der Waals surface area contributed by atoms with E-state index >= 15 is 0 Å². The Morgan fingerprint density at radius 3 is 2.49 bits per heavy atom. The van der Waals surface area contributed by atoms with Crippen LogP contribution in [0.1, 0.15) is 151 Å². The summed E-state index contributed by atoms with van der Waals surface area (Å²) in [6.45, 7) is 14.9. The molecule has 0 amide bonds. The zero-order valence-electron chi connectivity index (χ0n) is 25.5. The molecule has 3 fully saturated rings. The van der Waals surface area contributed by atoms with Gasteiger partial charge in [0.1, 0.15) is 6.10 Å². The second kappa shape index (κ2) is 12.6. The normalized spacial score (nSPS) is 37.9. The molecule has 0 unspecified atom stereocenters. The Hall–Kier alpha value is -0.790. The lowest BCUT2D eigenvalue weighted by Crippen LogP contribution is -2.51. The number of carbonyl (C=O) groups is 1. The zero-order valence-corrected chi connectivity index (χ0v) is 25.5. The second-order valence-electron chi connectivity index (χ2n) is 14.8. The van der Waals surface area contributed by atoms with Crippen molar-refractivity contribution in [1.29, 1.82) is 0 Å². The summed E-state index contributed by atoms with van der Waals surface area (Å²) in [6.07, 6.45) is 23.9. The average molecular weight is 513 g/mol. The van der Waals surface area contributed by atoms with Crippen molar-refractivity contribution in [2.24, 2.45) is 46.3 Å². The first-order valence-electron chi connectivity index (χ1n) is 16.6. The van der Waals surface area contributed by atoms with E-state index in [2.05, 4.69) is 47.6 Å². The van der Waals surface area contributed by atoms with Crippen LogP contribution in [0.15, 0.2) is 11.6 Å². The van der Waals surface area contributed by atoms with Crippen LogP contribution in [-0.4, -0.2) is 12.1 Å². The minimum atomic E-state index is 0.0485. The third-order valence-corrected chi connectivity index (χ3v) is 12.0. The lowest BCUT2D eigenvalue weighted by molar-refractivity contribution is -0.151. The molecule has 0 aliphatic heterocycles. The van der Waals surface area contributed by atoms with Crippen LogP contribution in [0.25, 0.3) is 0 Å². The molecule has 4 aliphatic rings. The predicted molar refractivity (Wildman–Crippen MR) is 156 cm³/mol. The number of hydrogen-bond donors (Lipinski definition) is 0. The molecule has 0 spiro atoms. The van der Waals surface area contributed by atoms with Crippen LogP contribution < -0.4 is 0 Å². The van der Waals surface area contributed by atoms with E-state index in [1.54, 1.807) is 5.57 Å². The molecule has 0 heterocycles. The Labute approximate surface area is 230 Å². The van der Waals surface area contributed by atoms with Gasteiger partial charge in [0.25, 0.3) is 0 Å². The molecule has 8 atom stereocenters. The van der Waals surface area contributed by atoms with Crippen LogP contribution in [-0.2, 0) is 9.53 Å². The van der Waals surface area contributed by atoms with Crippen molar-refractivity contribution >= 4 is 5.97 Å². The molecule has 0 bridgehead atoms. The molecule has 0 aromatic rings. The third-order valence-electron chi connectivity index (χ3n) is 12.0. The molecular weight excluding hydrogens is 452 g/mol. The molecule has 0 aromatic heterocycles. The van der Waals surface area contributed by atoms with Crippen LogP contribution in [0.3, 0.4) is 0 Å². The summed E-state index contributed by atoms with van der Waals surface area (Å²) in [5.74, 6) is 5.34. The number of ether oxygens (including phenoxy) is 1. The fourth-order valence-corrected chi connectivity index (χ4v) is 9.87. The van der Waals surface area contributed by atoms with Gasteiger partial charge in [-0.2, -0.15) is 0 Å². The smallest absolute Gasteiger partial charge is 0.306 e. The summed E-state index contributed by atoms with van der Waals surface area (Å²) < 4.78 is 6.02. The number of allylic oxidation sites excluding steroid dienone is 1. The van der Waals surface area contributed by atoms with Crippen molar-refractivity contribution in [2.45, 2.75) is 157 Å². The average Bonchev–Trinajstić information content (AvgIpc) is 3.21. The van der Waals surface area contributed by atoms with Crippen molar-refractivity contribution in [2.75, 3.05) is 0 Å². The third kappa shape index (κ3) is 6.35. The predicted octanol–water partition coefficient (Wildman–Crippen LogP) is 10.3. The summed E-state index contributed by atoms with van der Waals surface area (Å²) in [4.78, 5) is 12.5. The number of rotatable bonds is 12. The summed E-state index contributed by atoms with van der Waals surface area (Å²) in [5, 5.41) is 0. The minimum absolute atomic E-state index is 0.0485. The summed E-state index contributed by atoms with van der Waals surface area (Å²) in [6, 6.07) is 0. The summed E-state index contributed by atoms with van der Waals surface area (Å²) >= 11 is 0. The van der Waals surface area contributed by atoms with Gasteiger partial charge in [0.05, 0.1) is 0 Å². The maximum atomic E-state index is 12.5. The number of hydrogen-bond acceptors (Lipinski definition) is 2. The van der Waals surface area contributed by atoms with E-state index in [1.165, 1.54) is 77.0 Å². The topological polar surface area (TPSA) is 26.3 Å². The van der Waals surface area contributed by atoms with Crippen molar-refractivity contribution in [3.05, 3.63) is 11.6 Å². The highest BCUT2D eigenvalue weighted by Gasteiger charge is 2.59. The van der Waals surface area contributed by atoms with Gasteiger partial charge in [0.2, 0.25) is 0 Å². The number of carbonyl (C=O) groups excluding carboxylic acids is 1. The maximum Gasteiger partial charge on any atom is 0.306 e. The van der Waals surface area contributed by atoms with Crippen molar-refractivity contribution in [3.8, 4) is 0 Å². The second-order valence-corrected chi connectivity index (χ2v) is 14.8. The molecule has 0 radical (unpaired) electrons. The SMILES string of the molecule is CCCCCCCC(=O)O[C@@H]1CC[C@@]2(C)C(=CC[C@H]3[C@H]4CC[C@H]([C@H](C)CCCC(C)C)[C@@]4(C)CC[C@@H]32)C1. The van der Waals surface area contributed by atoms with Crippen LogP contribution in [0.5, 0.6) is 0 Å². The van der Waals surface area contributed by atoms with E-state index in [9.17, 15) is 4.79 Å². The molecule has 2 heteroatoms. The van der Waals surface area contributed by atoms with Gasteiger partial charge in [-0.1, -0.05) is 98.1 Å². The Morgan fingerprint density at radius 2 is 1.73 bits per heavy atom. The highest BCUT2D eigenvalue weighted by molar-refractivity contribution is 5.69. The van der Waals surface area contributed by atoms with E-state index in [-0.39, 0.29) is 12.1 Å². The van der Waals surface area contributed by atoms with Crippen molar-refractivity contribution in [3.63, 3.8) is 0 Å². The van der Waals surface area contributed by atoms with Gasteiger partial charge in [0, 0.05) is 12.8 Å². The maximum absolute atomic E-state index is 12.5. The Bertz CT molecular complexity index is 782. The van der Waals surface area contributed by atoms with E-state index < -0.39 is 0 Å². The van der Waals surface area contributed by atoms with Gasteiger partial charge in [-0.15, -0.1) is 0 Å². The van der Waals surface area contributed by atoms with Gasteiger partial charge >= 0.3 is 5.97 Å².